The van der Waals surface area contributed by atoms with E-state index in [1.807, 2.05) is 0 Å². The standard InChI is InChI=1S/C22H46O4S.K/c1-3-5-7-9-11-12-13-14-15-17-19-21(23)22(27(24,25)26)20-18-16-10-8-6-4-2;/h21-23H,3-20H2,1-2H3,(H,24,25,26);/q;+1/p-1. The first-order valence-electron chi connectivity index (χ1n) is 11.6. The number of hydrogen-bond acceptors (Lipinski definition) is 4. The second-order valence-electron chi connectivity index (χ2n) is 8.13. The molecule has 164 valence electrons. The van der Waals surface area contributed by atoms with Gasteiger partial charge < -0.3 is 9.66 Å². The Morgan fingerprint density at radius 1 is 0.643 bits per heavy atom. The molecule has 0 aromatic carbocycles. The molecule has 0 saturated carbocycles. The van der Waals surface area contributed by atoms with Crippen LogP contribution in [0.3, 0.4) is 0 Å². The van der Waals surface area contributed by atoms with Crippen LogP contribution < -0.4 is 51.4 Å². The van der Waals surface area contributed by atoms with Crippen molar-refractivity contribution in [2.75, 3.05) is 0 Å². The number of unbranched alkanes of at least 4 members (excludes halogenated alkanes) is 14. The monoisotopic (exact) mass is 444 g/mol. The second kappa shape index (κ2) is 21.7. The van der Waals surface area contributed by atoms with Crippen molar-refractivity contribution in [2.45, 2.75) is 141 Å². The number of rotatable bonds is 20. The van der Waals surface area contributed by atoms with Gasteiger partial charge in [-0.1, -0.05) is 117 Å². The van der Waals surface area contributed by atoms with Crippen LogP contribution in [0.5, 0.6) is 0 Å². The zero-order valence-corrected chi connectivity index (χ0v) is 22.9. The molecule has 0 spiro atoms. The quantitative estimate of drug-likeness (QED) is 0.177. The maximum atomic E-state index is 11.5. The Morgan fingerprint density at radius 2 is 0.964 bits per heavy atom. The molecule has 0 aromatic rings. The van der Waals surface area contributed by atoms with Crippen LogP contribution in [0.1, 0.15) is 129 Å². The summed E-state index contributed by atoms with van der Waals surface area (Å²) >= 11 is 0. The van der Waals surface area contributed by atoms with Crippen LogP contribution in [0.2, 0.25) is 0 Å². The second-order valence-corrected chi connectivity index (χ2v) is 9.72. The van der Waals surface area contributed by atoms with Gasteiger partial charge in [0, 0.05) is 0 Å². The fourth-order valence-electron chi connectivity index (χ4n) is 3.68. The Kier molecular flexibility index (Phi) is 24.6. The van der Waals surface area contributed by atoms with E-state index in [2.05, 4.69) is 13.8 Å². The maximum Gasteiger partial charge on any atom is 1.00 e. The number of aliphatic hydroxyl groups is 1. The zero-order chi connectivity index (χ0) is 20.4. The van der Waals surface area contributed by atoms with Crippen LogP contribution in [0.25, 0.3) is 0 Å². The van der Waals surface area contributed by atoms with Crippen molar-refractivity contribution in [1.82, 2.24) is 0 Å². The van der Waals surface area contributed by atoms with Crippen molar-refractivity contribution in [2.24, 2.45) is 0 Å². The third kappa shape index (κ3) is 19.5. The van der Waals surface area contributed by atoms with Gasteiger partial charge in [-0.2, -0.15) is 0 Å². The summed E-state index contributed by atoms with van der Waals surface area (Å²) in [5.74, 6) is 0. The molecule has 2 atom stereocenters. The van der Waals surface area contributed by atoms with Gasteiger partial charge in [-0.25, -0.2) is 8.42 Å². The average Bonchev–Trinajstić information content (AvgIpc) is 2.61. The van der Waals surface area contributed by atoms with Crippen molar-refractivity contribution in [3.63, 3.8) is 0 Å². The molecular weight excluding hydrogens is 399 g/mol. The third-order valence-electron chi connectivity index (χ3n) is 5.50. The summed E-state index contributed by atoms with van der Waals surface area (Å²) in [5, 5.41) is 9.11. The van der Waals surface area contributed by atoms with Crippen molar-refractivity contribution < 1.29 is 69.5 Å². The normalized spacial score (nSPS) is 13.9. The summed E-state index contributed by atoms with van der Waals surface area (Å²) in [7, 11) is -4.42. The fraction of sp³-hybridized carbons (Fsp3) is 1.00. The topological polar surface area (TPSA) is 77.4 Å². The minimum absolute atomic E-state index is 0. The third-order valence-corrected chi connectivity index (χ3v) is 6.79. The molecule has 0 heterocycles. The smallest absolute Gasteiger partial charge is 0.748 e. The van der Waals surface area contributed by atoms with E-state index in [-0.39, 0.29) is 51.4 Å². The minimum Gasteiger partial charge on any atom is -0.748 e. The van der Waals surface area contributed by atoms with E-state index in [9.17, 15) is 18.1 Å². The first kappa shape index (κ1) is 31.7. The molecule has 0 radical (unpaired) electrons. The maximum absolute atomic E-state index is 11.5. The molecule has 0 amide bonds. The molecule has 0 aliphatic carbocycles. The van der Waals surface area contributed by atoms with E-state index in [1.54, 1.807) is 0 Å². The van der Waals surface area contributed by atoms with E-state index >= 15 is 0 Å². The molecule has 0 aliphatic rings. The molecular formula is C22H45KO4S. The molecule has 0 fully saturated rings. The average molecular weight is 445 g/mol. The molecule has 0 bridgehead atoms. The molecule has 0 rings (SSSR count). The Labute approximate surface area is 218 Å². The molecule has 0 aliphatic heterocycles. The zero-order valence-electron chi connectivity index (χ0n) is 19.0. The van der Waals surface area contributed by atoms with E-state index in [4.69, 9.17) is 0 Å². The van der Waals surface area contributed by atoms with Gasteiger partial charge in [-0.15, -0.1) is 0 Å². The molecule has 2 unspecified atom stereocenters. The fourth-order valence-corrected chi connectivity index (χ4v) is 4.66. The Bertz CT molecular complexity index is 415. The van der Waals surface area contributed by atoms with Crippen LogP contribution >= 0.6 is 0 Å². The summed E-state index contributed by atoms with van der Waals surface area (Å²) in [4.78, 5) is 0. The van der Waals surface area contributed by atoms with E-state index in [0.717, 1.165) is 38.5 Å². The first-order chi connectivity index (χ1) is 12.9. The largest absolute Gasteiger partial charge is 1.00 e. The van der Waals surface area contributed by atoms with Gasteiger partial charge in [0.25, 0.3) is 0 Å². The van der Waals surface area contributed by atoms with Crippen LogP contribution in [0.4, 0.5) is 0 Å². The molecule has 6 heteroatoms. The Balaban J connectivity index is 0. The predicted molar refractivity (Wildman–Crippen MR) is 114 cm³/mol. The van der Waals surface area contributed by atoms with Crippen LogP contribution in [-0.4, -0.2) is 29.4 Å². The summed E-state index contributed by atoms with van der Waals surface area (Å²) in [6, 6.07) is 0. The Morgan fingerprint density at radius 3 is 1.32 bits per heavy atom. The van der Waals surface area contributed by atoms with Crippen molar-refractivity contribution >= 4 is 10.1 Å². The summed E-state index contributed by atoms with van der Waals surface area (Å²) < 4.78 is 34.5. The first-order valence-corrected chi connectivity index (χ1v) is 13.0. The van der Waals surface area contributed by atoms with Gasteiger partial charge in [0.05, 0.1) is 11.4 Å². The van der Waals surface area contributed by atoms with Crippen LogP contribution in [-0.2, 0) is 10.1 Å². The summed E-state index contributed by atoms with van der Waals surface area (Å²) in [6.07, 6.45) is 18.0. The van der Waals surface area contributed by atoms with Crippen LogP contribution in [0.15, 0.2) is 0 Å². The van der Waals surface area contributed by atoms with Gasteiger partial charge in [-0.3, -0.25) is 0 Å². The number of hydrogen-bond donors (Lipinski definition) is 1. The van der Waals surface area contributed by atoms with Crippen LogP contribution in [0, 0.1) is 0 Å². The van der Waals surface area contributed by atoms with Crippen molar-refractivity contribution in [3.8, 4) is 0 Å². The van der Waals surface area contributed by atoms with Gasteiger partial charge in [-0.05, 0) is 12.8 Å². The Hall–Kier alpha value is 1.51. The SMILES string of the molecule is CCCCCCCCCCCCC(O)C(CCCCCCCC)S(=O)(=O)[O-].[K+]. The van der Waals surface area contributed by atoms with E-state index in [1.165, 1.54) is 57.8 Å². The van der Waals surface area contributed by atoms with Gasteiger partial charge in [0.15, 0.2) is 0 Å². The van der Waals surface area contributed by atoms with E-state index < -0.39 is 21.5 Å². The molecule has 4 nitrogen and oxygen atoms in total. The summed E-state index contributed by atoms with van der Waals surface area (Å²) in [5.41, 5.74) is 0. The molecule has 1 N–H and O–H groups in total. The van der Waals surface area contributed by atoms with Gasteiger partial charge in [0.1, 0.15) is 10.1 Å². The predicted octanol–water partition coefficient (Wildman–Crippen LogP) is 3.33. The number of aliphatic hydroxyl groups excluding tert-OH is 1. The summed E-state index contributed by atoms with van der Waals surface area (Å²) in [6.45, 7) is 4.38. The van der Waals surface area contributed by atoms with Gasteiger partial charge in [0.2, 0.25) is 0 Å². The van der Waals surface area contributed by atoms with Gasteiger partial charge >= 0.3 is 51.4 Å². The molecule has 28 heavy (non-hydrogen) atoms. The molecule has 0 aromatic heterocycles. The van der Waals surface area contributed by atoms with Crippen molar-refractivity contribution in [1.29, 1.82) is 0 Å². The van der Waals surface area contributed by atoms with Crippen molar-refractivity contribution in [3.05, 3.63) is 0 Å². The molecule has 0 saturated heterocycles. The van der Waals surface area contributed by atoms with E-state index in [0.29, 0.717) is 19.3 Å². The minimum atomic E-state index is -4.42.